The summed E-state index contributed by atoms with van der Waals surface area (Å²) in [4.78, 5) is 13.4. The lowest BCUT2D eigenvalue weighted by molar-refractivity contribution is -0.379. The van der Waals surface area contributed by atoms with E-state index >= 15 is 0 Å². The van der Waals surface area contributed by atoms with E-state index in [1.165, 1.54) is 109 Å². The molecule has 17 atom stereocenters. The molecule has 19 heteroatoms. The van der Waals surface area contributed by atoms with Gasteiger partial charge in [0.25, 0.3) is 0 Å². The predicted molar refractivity (Wildman–Crippen MR) is 346 cm³/mol. The number of nitrogens with one attached hydrogen (secondary N) is 1. The molecular weight excluding hydrogens is 1140 g/mol. The van der Waals surface area contributed by atoms with Gasteiger partial charge in [0.1, 0.15) is 73.2 Å². The number of carbonyl (C=O) groups is 1. The average molecular weight is 1260 g/mol. The van der Waals surface area contributed by atoms with E-state index < -0.39 is 124 Å². The zero-order valence-electron chi connectivity index (χ0n) is 54.1. The Bertz CT molecular complexity index is 1940. The van der Waals surface area contributed by atoms with Crippen LogP contribution in [0.4, 0.5) is 0 Å². The Morgan fingerprint density at radius 1 is 0.416 bits per heavy atom. The summed E-state index contributed by atoms with van der Waals surface area (Å²) in [6, 6.07) is -1.00. The molecule has 0 aromatic carbocycles. The largest absolute Gasteiger partial charge is 0.394 e. The van der Waals surface area contributed by atoms with Gasteiger partial charge in [-0.05, 0) is 83.5 Å². The molecule has 3 heterocycles. The maximum atomic E-state index is 13.4. The van der Waals surface area contributed by atoms with E-state index in [-0.39, 0.29) is 18.9 Å². The zero-order valence-corrected chi connectivity index (χ0v) is 54.1. The molecule has 0 saturated carbocycles. The number of aliphatic hydroxyl groups is 11. The molecule has 3 saturated heterocycles. The standard InChI is InChI=1S/C70H121NO18/c1-3-5-7-9-11-13-15-17-19-21-22-23-24-25-26-27-28-29-30-32-34-36-38-40-42-44-46-48-58(76)71-53(54(75)47-45-43-41-39-37-35-33-31-20-18-16-14-12-10-8-6-4-2)52-84-68-64(82)61(79)66(56(50-73)86-68)89-70-65(83)62(80)67(57(51-74)87-70)88-69-63(81)60(78)59(77)55(49-72)85-69/h5,7,11,13,17,19-20,22-23,31,37,39,45,47,53-57,59-70,72-75,77-83H,3-4,6,8-10,12,14-16,18,21,24-30,32-36,38,40-44,46,48-52H2,1-2H3,(H,71,76)/b7-5-,13-11-,19-17-,23-22-,31-20+,39-37+,47-45+. The second-order valence-corrected chi connectivity index (χ2v) is 24.2. The highest BCUT2D eigenvalue weighted by Crippen LogP contribution is 2.33. The van der Waals surface area contributed by atoms with Crippen LogP contribution in [0.1, 0.15) is 219 Å². The van der Waals surface area contributed by atoms with E-state index in [0.717, 1.165) is 77.0 Å². The minimum atomic E-state index is -1.99. The van der Waals surface area contributed by atoms with E-state index in [1.807, 2.05) is 6.08 Å². The molecule has 0 spiro atoms. The molecule has 0 aromatic heterocycles. The van der Waals surface area contributed by atoms with Crippen LogP contribution in [0.2, 0.25) is 0 Å². The number of rotatable bonds is 51. The van der Waals surface area contributed by atoms with Crippen LogP contribution < -0.4 is 5.32 Å². The van der Waals surface area contributed by atoms with Crippen molar-refractivity contribution >= 4 is 5.91 Å². The van der Waals surface area contributed by atoms with Crippen molar-refractivity contribution in [3.63, 3.8) is 0 Å². The van der Waals surface area contributed by atoms with Crippen molar-refractivity contribution in [3.8, 4) is 0 Å². The number of carbonyl (C=O) groups excluding carboxylic acids is 1. The normalized spacial score (nSPS) is 28.8. The quantitative estimate of drug-likeness (QED) is 0.0200. The first-order chi connectivity index (χ1) is 43.3. The molecule has 19 nitrogen and oxygen atoms in total. The molecule has 0 radical (unpaired) electrons. The fourth-order valence-corrected chi connectivity index (χ4v) is 11.1. The maximum absolute atomic E-state index is 13.4. The number of allylic oxidation sites excluding steroid dienone is 13. The minimum absolute atomic E-state index is 0.227. The van der Waals surface area contributed by atoms with E-state index in [9.17, 15) is 61.0 Å². The van der Waals surface area contributed by atoms with Crippen LogP contribution in [0, 0.1) is 0 Å². The van der Waals surface area contributed by atoms with Gasteiger partial charge in [-0.2, -0.15) is 0 Å². The highest BCUT2D eigenvalue weighted by Gasteiger charge is 2.53. The van der Waals surface area contributed by atoms with Crippen LogP contribution in [-0.2, 0) is 33.2 Å². The summed E-state index contributed by atoms with van der Waals surface area (Å²) in [5.74, 6) is -0.293. The molecule has 17 unspecified atom stereocenters. The van der Waals surface area contributed by atoms with Gasteiger partial charge in [-0.25, -0.2) is 0 Å². The van der Waals surface area contributed by atoms with Gasteiger partial charge in [0.15, 0.2) is 18.9 Å². The van der Waals surface area contributed by atoms with Crippen molar-refractivity contribution in [2.24, 2.45) is 0 Å². The number of aliphatic hydroxyl groups excluding tert-OH is 11. The fourth-order valence-electron chi connectivity index (χ4n) is 11.1. The second-order valence-electron chi connectivity index (χ2n) is 24.2. The minimum Gasteiger partial charge on any atom is -0.394 e. The number of ether oxygens (including phenoxy) is 6. The SMILES string of the molecule is CC/C=C\C/C=C\C/C=C\C/C=C\CCCCCCCCCCCCCCCCC(=O)NC(COC1OC(CO)C(OC2OC(CO)C(OC3OC(CO)C(O)C(O)C3O)C(O)C2O)C(O)C1O)C(O)/C=C/CC/C=C/CC/C=C/CCCCCCCCC. The molecule has 0 bridgehead atoms. The molecule has 0 aromatic rings. The molecule has 1 amide bonds. The number of unbranched alkanes of at least 4 members (excludes halogenated alkanes) is 23. The van der Waals surface area contributed by atoms with Crippen LogP contribution in [-0.4, -0.2) is 193 Å². The lowest BCUT2D eigenvalue weighted by atomic mass is 9.96. The Balaban J connectivity index is 1.44. The van der Waals surface area contributed by atoms with Gasteiger partial charge in [-0.15, -0.1) is 0 Å². The van der Waals surface area contributed by atoms with Gasteiger partial charge >= 0.3 is 0 Å². The van der Waals surface area contributed by atoms with Gasteiger partial charge in [0.2, 0.25) is 5.91 Å². The molecule has 3 rings (SSSR count). The van der Waals surface area contributed by atoms with Crippen molar-refractivity contribution in [2.45, 2.75) is 324 Å². The number of hydrogen-bond donors (Lipinski definition) is 12. The monoisotopic (exact) mass is 1260 g/mol. The summed E-state index contributed by atoms with van der Waals surface area (Å²) in [6.07, 6.45) is 38.4. The van der Waals surface area contributed by atoms with E-state index in [1.54, 1.807) is 6.08 Å². The van der Waals surface area contributed by atoms with Crippen molar-refractivity contribution in [2.75, 3.05) is 26.4 Å². The Kier molecular flexibility index (Phi) is 46.3. The molecule has 89 heavy (non-hydrogen) atoms. The van der Waals surface area contributed by atoms with Gasteiger partial charge < -0.3 is 89.9 Å². The van der Waals surface area contributed by atoms with Crippen molar-refractivity contribution in [3.05, 3.63) is 85.1 Å². The first-order valence-corrected chi connectivity index (χ1v) is 34.3. The van der Waals surface area contributed by atoms with Crippen molar-refractivity contribution < 1.29 is 89.4 Å². The third-order valence-corrected chi connectivity index (χ3v) is 16.7. The summed E-state index contributed by atoms with van der Waals surface area (Å²) in [6.45, 7) is 1.58. The average Bonchev–Trinajstić information content (AvgIpc) is 2.46. The molecule has 3 fully saturated rings. The summed E-state index contributed by atoms with van der Waals surface area (Å²) in [5.41, 5.74) is 0. The Morgan fingerprint density at radius 3 is 1.26 bits per heavy atom. The molecule has 0 aliphatic carbocycles. The highest BCUT2D eigenvalue weighted by molar-refractivity contribution is 5.76. The van der Waals surface area contributed by atoms with Crippen molar-refractivity contribution in [1.29, 1.82) is 0 Å². The first kappa shape index (κ1) is 80.2. The summed E-state index contributed by atoms with van der Waals surface area (Å²) in [7, 11) is 0. The smallest absolute Gasteiger partial charge is 0.220 e. The van der Waals surface area contributed by atoms with E-state index in [0.29, 0.717) is 12.8 Å². The third-order valence-electron chi connectivity index (χ3n) is 16.7. The molecule has 3 aliphatic heterocycles. The van der Waals surface area contributed by atoms with E-state index in [4.69, 9.17) is 28.4 Å². The lowest BCUT2D eigenvalue weighted by Crippen LogP contribution is -2.66. The molecule has 12 N–H and O–H groups in total. The van der Waals surface area contributed by atoms with Crippen LogP contribution in [0.15, 0.2) is 85.1 Å². The Morgan fingerprint density at radius 2 is 0.787 bits per heavy atom. The molecule has 3 aliphatic rings. The third kappa shape index (κ3) is 33.6. The van der Waals surface area contributed by atoms with Gasteiger partial charge in [0, 0.05) is 6.42 Å². The Labute approximate surface area is 533 Å². The summed E-state index contributed by atoms with van der Waals surface area (Å²) in [5, 5.41) is 120. The van der Waals surface area contributed by atoms with Crippen LogP contribution >= 0.6 is 0 Å². The van der Waals surface area contributed by atoms with Crippen molar-refractivity contribution in [1.82, 2.24) is 5.32 Å². The van der Waals surface area contributed by atoms with Crippen LogP contribution in [0.5, 0.6) is 0 Å². The summed E-state index contributed by atoms with van der Waals surface area (Å²) >= 11 is 0. The molecule has 514 valence electrons. The van der Waals surface area contributed by atoms with Crippen LogP contribution in [0.3, 0.4) is 0 Å². The summed E-state index contributed by atoms with van der Waals surface area (Å²) < 4.78 is 34.3. The topological polar surface area (TPSA) is 307 Å². The number of hydrogen-bond acceptors (Lipinski definition) is 18. The second kappa shape index (κ2) is 51.4. The fraction of sp³-hybridized carbons (Fsp3) is 0.786. The van der Waals surface area contributed by atoms with Gasteiger partial charge in [-0.3, -0.25) is 4.79 Å². The zero-order chi connectivity index (χ0) is 64.7. The number of amides is 1. The lowest BCUT2D eigenvalue weighted by Gasteiger charge is -2.48. The Hall–Kier alpha value is -3.03. The van der Waals surface area contributed by atoms with Gasteiger partial charge in [0.05, 0.1) is 38.6 Å². The van der Waals surface area contributed by atoms with Crippen LogP contribution in [0.25, 0.3) is 0 Å². The maximum Gasteiger partial charge on any atom is 0.220 e. The molecular formula is C70H121NO18. The van der Waals surface area contributed by atoms with Gasteiger partial charge in [-0.1, -0.05) is 214 Å². The van der Waals surface area contributed by atoms with E-state index in [2.05, 4.69) is 92.1 Å². The highest BCUT2D eigenvalue weighted by atomic mass is 16.8. The first-order valence-electron chi connectivity index (χ1n) is 34.3. The predicted octanol–water partition coefficient (Wildman–Crippen LogP) is 8.71.